The maximum atomic E-state index is 13.0. The lowest BCUT2D eigenvalue weighted by atomic mass is 10.2. The molecule has 0 fully saturated rings. The van der Waals surface area contributed by atoms with E-state index in [4.69, 9.17) is 11.6 Å². The van der Waals surface area contributed by atoms with Gasteiger partial charge in [0.2, 0.25) is 0 Å². The summed E-state index contributed by atoms with van der Waals surface area (Å²) in [5, 5.41) is 0.890. The molecule has 1 aromatic heterocycles. The van der Waals surface area contributed by atoms with E-state index < -0.39 is 11.8 Å². The molecule has 0 saturated carbocycles. The summed E-state index contributed by atoms with van der Waals surface area (Å²) in [6, 6.07) is 7.68. The molecule has 0 bridgehead atoms. The summed E-state index contributed by atoms with van der Waals surface area (Å²) < 4.78 is 17.7. The van der Waals surface area contributed by atoms with E-state index in [-0.39, 0.29) is 5.69 Å². The number of pyridine rings is 1. The lowest BCUT2D eigenvalue weighted by molar-refractivity contribution is 0.0592. The van der Waals surface area contributed by atoms with Crippen LogP contribution in [-0.2, 0) is 4.74 Å². The van der Waals surface area contributed by atoms with Crippen LogP contribution >= 0.6 is 23.4 Å². The van der Waals surface area contributed by atoms with Crippen molar-refractivity contribution >= 4 is 29.3 Å². The molecule has 1 heterocycles. The van der Waals surface area contributed by atoms with E-state index in [1.807, 2.05) is 0 Å². The Bertz CT molecular complexity index is 664. The van der Waals surface area contributed by atoms with E-state index in [1.54, 1.807) is 25.1 Å². The highest BCUT2D eigenvalue weighted by Crippen LogP contribution is 2.33. The van der Waals surface area contributed by atoms with Crippen molar-refractivity contribution in [2.75, 3.05) is 7.11 Å². The molecular weight excluding hydrogens is 301 g/mol. The molecule has 0 saturated heterocycles. The minimum absolute atomic E-state index is 0.260. The number of carbonyl (C=O) groups excluding carboxylic acids is 1. The van der Waals surface area contributed by atoms with Crippen molar-refractivity contribution in [3.8, 4) is 0 Å². The molecule has 0 radical (unpaired) electrons. The summed E-state index contributed by atoms with van der Waals surface area (Å²) in [6.45, 7) is 1.78. The van der Waals surface area contributed by atoms with E-state index >= 15 is 0 Å². The van der Waals surface area contributed by atoms with Crippen LogP contribution in [0.4, 0.5) is 4.39 Å². The van der Waals surface area contributed by atoms with Gasteiger partial charge in [0.1, 0.15) is 10.8 Å². The fourth-order valence-corrected chi connectivity index (χ4v) is 2.62. The number of esters is 1. The number of carbonyl (C=O) groups is 1. The van der Waals surface area contributed by atoms with Crippen LogP contribution in [0.25, 0.3) is 0 Å². The number of hydrogen-bond acceptors (Lipinski definition) is 4. The maximum Gasteiger partial charge on any atom is 0.356 e. The Labute approximate surface area is 125 Å². The highest BCUT2D eigenvalue weighted by molar-refractivity contribution is 7.99. The fourth-order valence-electron chi connectivity index (χ4n) is 1.54. The van der Waals surface area contributed by atoms with Gasteiger partial charge < -0.3 is 4.74 Å². The fraction of sp³-hybridized carbons (Fsp3) is 0.143. The van der Waals surface area contributed by atoms with Crippen LogP contribution < -0.4 is 0 Å². The van der Waals surface area contributed by atoms with Crippen LogP contribution in [0, 0.1) is 12.7 Å². The Balaban J connectivity index is 2.32. The van der Waals surface area contributed by atoms with E-state index in [2.05, 4.69) is 9.72 Å². The van der Waals surface area contributed by atoms with Gasteiger partial charge >= 0.3 is 5.97 Å². The van der Waals surface area contributed by atoms with Crippen LogP contribution in [0.15, 0.2) is 40.3 Å². The standard InChI is InChI=1S/C14H11ClFNO2S/c1-8-3-6-12(17-13(8)14(18)19-2)20-11-5-4-9(16)7-10(11)15/h3-7H,1-2H3. The van der Waals surface area contributed by atoms with Gasteiger partial charge in [-0.3, -0.25) is 0 Å². The average Bonchev–Trinajstić information content (AvgIpc) is 2.43. The zero-order valence-corrected chi connectivity index (χ0v) is 12.4. The van der Waals surface area contributed by atoms with Crippen LogP contribution in [0.5, 0.6) is 0 Å². The molecule has 6 heteroatoms. The smallest absolute Gasteiger partial charge is 0.356 e. The van der Waals surface area contributed by atoms with E-state index in [0.29, 0.717) is 14.9 Å². The summed E-state index contributed by atoms with van der Waals surface area (Å²) >= 11 is 7.22. The van der Waals surface area contributed by atoms with Crippen molar-refractivity contribution < 1.29 is 13.9 Å². The maximum absolute atomic E-state index is 13.0. The third-order valence-corrected chi connectivity index (χ3v) is 4.00. The molecule has 0 N–H and O–H groups in total. The normalized spacial score (nSPS) is 10.4. The van der Waals surface area contributed by atoms with E-state index in [9.17, 15) is 9.18 Å². The molecular formula is C14H11ClFNO2S. The second-order valence-corrected chi connectivity index (χ2v) is 5.45. The van der Waals surface area contributed by atoms with Crippen molar-refractivity contribution in [3.05, 3.63) is 52.4 Å². The van der Waals surface area contributed by atoms with Gasteiger partial charge in [-0.2, -0.15) is 0 Å². The molecule has 0 atom stereocenters. The summed E-state index contributed by atoms with van der Waals surface area (Å²) in [4.78, 5) is 16.5. The molecule has 0 unspecified atom stereocenters. The Morgan fingerprint density at radius 1 is 1.35 bits per heavy atom. The Morgan fingerprint density at radius 2 is 2.10 bits per heavy atom. The second kappa shape index (κ2) is 6.24. The van der Waals surface area contributed by atoms with Gasteiger partial charge in [-0.25, -0.2) is 14.2 Å². The van der Waals surface area contributed by atoms with Crippen LogP contribution in [-0.4, -0.2) is 18.1 Å². The monoisotopic (exact) mass is 311 g/mol. The Kier molecular flexibility index (Phi) is 4.62. The number of halogens is 2. The first-order valence-electron chi connectivity index (χ1n) is 5.70. The molecule has 0 aliphatic rings. The van der Waals surface area contributed by atoms with Crippen molar-refractivity contribution in [2.45, 2.75) is 16.8 Å². The predicted molar refractivity (Wildman–Crippen MR) is 75.8 cm³/mol. The molecule has 2 rings (SSSR count). The zero-order chi connectivity index (χ0) is 14.7. The second-order valence-electron chi connectivity index (χ2n) is 3.98. The van der Waals surface area contributed by atoms with E-state index in [1.165, 1.54) is 31.0 Å². The first-order chi connectivity index (χ1) is 9.51. The number of benzene rings is 1. The molecule has 1 aromatic carbocycles. The topological polar surface area (TPSA) is 39.2 Å². The van der Waals surface area contributed by atoms with Crippen LogP contribution in [0.3, 0.4) is 0 Å². The van der Waals surface area contributed by atoms with Gasteiger partial charge in [-0.05, 0) is 36.8 Å². The molecule has 20 heavy (non-hydrogen) atoms. The molecule has 0 spiro atoms. The number of methoxy groups -OCH3 is 1. The van der Waals surface area contributed by atoms with Gasteiger partial charge in [0.05, 0.1) is 12.1 Å². The summed E-state index contributed by atoms with van der Waals surface area (Å²) in [7, 11) is 1.31. The van der Waals surface area contributed by atoms with Gasteiger partial charge in [0.25, 0.3) is 0 Å². The molecule has 0 amide bonds. The van der Waals surface area contributed by atoms with Gasteiger partial charge in [-0.15, -0.1) is 0 Å². The SMILES string of the molecule is COC(=O)c1nc(Sc2ccc(F)cc2Cl)ccc1C. The minimum Gasteiger partial charge on any atom is -0.464 e. The lowest BCUT2D eigenvalue weighted by Crippen LogP contribution is -2.07. The predicted octanol–water partition coefficient (Wildman–Crippen LogP) is 4.12. The summed E-state index contributed by atoms with van der Waals surface area (Å²) in [5.74, 6) is -0.887. The summed E-state index contributed by atoms with van der Waals surface area (Å²) in [5.41, 5.74) is 0.988. The Morgan fingerprint density at radius 3 is 2.75 bits per heavy atom. The molecule has 2 aromatic rings. The quantitative estimate of drug-likeness (QED) is 0.799. The van der Waals surface area contributed by atoms with Crippen molar-refractivity contribution in [1.82, 2.24) is 4.98 Å². The molecule has 3 nitrogen and oxygen atoms in total. The van der Waals surface area contributed by atoms with Crippen molar-refractivity contribution in [2.24, 2.45) is 0 Å². The van der Waals surface area contributed by atoms with Gasteiger partial charge in [-0.1, -0.05) is 29.4 Å². The zero-order valence-electron chi connectivity index (χ0n) is 10.8. The van der Waals surface area contributed by atoms with Crippen LogP contribution in [0.1, 0.15) is 16.1 Å². The van der Waals surface area contributed by atoms with Gasteiger partial charge in [0.15, 0.2) is 5.69 Å². The highest BCUT2D eigenvalue weighted by Gasteiger charge is 2.13. The molecule has 0 aliphatic heterocycles. The largest absolute Gasteiger partial charge is 0.464 e. The first kappa shape index (κ1) is 14.8. The van der Waals surface area contributed by atoms with Crippen LogP contribution in [0.2, 0.25) is 5.02 Å². The van der Waals surface area contributed by atoms with E-state index in [0.717, 1.165) is 5.56 Å². The number of aryl methyl sites for hydroxylation is 1. The number of rotatable bonds is 3. The van der Waals surface area contributed by atoms with Gasteiger partial charge in [0, 0.05) is 4.90 Å². The number of hydrogen-bond donors (Lipinski definition) is 0. The molecule has 104 valence electrons. The average molecular weight is 312 g/mol. The first-order valence-corrected chi connectivity index (χ1v) is 6.89. The highest BCUT2D eigenvalue weighted by atomic mass is 35.5. The number of ether oxygens (including phenoxy) is 1. The van der Waals surface area contributed by atoms with Crippen molar-refractivity contribution in [1.29, 1.82) is 0 Å². The molecule has 0 aliphatic carbocycles. The Hall–Kier alpha value is -1.59. The third kappa shape index (κ3) is 3.29. The third-order valence-electron chi connectivity index (χ3n) is 2.56. The van der Waals surface area contributed by atoms with Crippen molar-refractivity contribution in [3.63, 3.8) is 0 Å². The summed E-state index contributed by atoms with van der Waals surface area (Å²) in [6.07, 6.45) is 0. The number of nitrogens with zero attached hydrogens (tertiary/aromatic N) is 1. The minimum atomic E-state index is -0.491. The number of aromatic nitrogens is 1. The lowest BCUT2D eigenvalue weighted by Gasteiger charge is -2.07.